The highest BCUT2D eigenvalue weighted by atomic mass is 16.7. The Balaban J connectivity index is 1.51. The minimum atomic E-state index is -0.636. The molecule has 4 aliphatic rings. The molecule has 9 heteroatoms. The van der Waals surface area contributed by atoms with Gasteiger partial charge in [0.15, 0.2) is 11.5 Å². The Morgan fingerprint density at radius 3 is 2.63 bits per heavy atom. The Morgan fingerprint density at radius 1 is 1.07 bits per heavy atom. The number of nitrogens with zero attached hydrogens (tertiary/aromatic N) is 2. The van der Waals surface area contributed by atoms with Crippen LogP contribution >= 0.6 is 0 Å². The Hall–Kier alpha value is -2.81. The summed E-state index contributed by atoms with van der Waals surface area (Å²) in [7, 11) is 0. The number of anilines is 1. The second-order valence-corrected chi connectivity index (χ2v) is 7.13. The topological polar surface area (TPSA) is 100 Å². The summed E-state index contributed by atoms with van der Waals surface area (Å²) in [6, 6.07) is 1.35. The summed E-state index contributed by atoms with van der Waals surface area (Å²) in [4.78, 5) is 40.5. The number of benzene rings is 1. The number of carbonyl (C=O) groups excluding carboxylic acids is 3. The minimum absolute atomic E-state index is 0.0799. The molecule has 0 spiro atoms. The third-order valence-corrected chi connectivity index (χ3v) is 5.56. The van der Waals surface area contributed by atoms with Gasteiger partial charge in [-0.25, -0.2) is 0 Å². The summed E-state index contributed by atoms with van der Waals surface area (Å²) in [5.74, 6) is 0.130. The van der Waals surface area contributed by atoms with Crippen LogP contribution in [0.4, 0.5) is 5.69 Å². The molecular formula is C18H20N4O5. The van der Waals surface area contributed by atoms with Gasteiger partial charge in [0, 0.05) is 39.1 Å². The van der Waals surface area contributed by atoms with E-state index in [0.29, 0.717) is 30.0 Å². The summed E-state index contributed by atoms with van der Waals surface area (Å²) in [5.41, 5.74) is 2.24. The molecule has 1 aromatic rings. The average Bonchev–Trinajstić information content (AvgIpc) is 3.27. The fourth-order valence-electron chi connectivity index (χ4n) is 4.23. The molecule has 0 aromatic heterocycles. The summed E-state index contributed by atoms with van der Waals surface area (Å²) in [5, 5.41) is 5.65. The average molecular weight is 372 g/mol. The van der Waals surface area contributed by atoms with E-state index in [1.807, 2.05) is 6.07 Å². The van der Waals surface area contributed by atoms with Gasteiger partial charge in [-0.15, -0.1) is 0 Å². The lowest BCUT2D eigenvalue weighted by Crippen LogP contribution is -2.52. The fourth-order valence-corrected chi connectivity index (χ4v) is 4.23. The Kier molecular flexibility index (Phi) is 3.71. The van der Waals surface area contributed by atoms with Gasteiger partial charge in [0.2, 0.25) is 18.6 Å². The molecule has 1 unspecified atom stereocenters. The van der Waals surface area contributed by atoms with Crippen LogP contribution in [0.3, 0.4) is 0 Å². The summed E-state index contributed by atoms with van der Waals surface area (Å²) in [6.07, 6.45) is 0.578. The molecule has 2 N–H and O–H groups in total. The predicted molar refractivity (Wildman–Crippen MR) is 93.7 cm³/mol. The van der Waals surface area contributed by atoms with Crippen LogP contribution in [0.2, 0.25) is 0 Å². The molecule has 0 radical (unpaired) electrons. The van der Waals surface area contributed by atoms with Crippen molar-refractivity contribution in [3.63, 3.8) is 0 Å². The van der Waals surface area contributed by atoms with E-state index in [1.165, 1.54) is 4.90 Å². The number of carbonyl (C=O) groups is 3. The molecule has 3 amide bonds. The van der Waals surface area contributed by atoms with E-state index in [4.69, 9.17) is 9.47 Å². The van der Waals surface area contributed by atoms with Gasteiger partial charge in [0.25, 0.3) is 5.91 Å². The second kappa shape index (κ2) is 6.12. The van der Waals surface area contributed by atoms with Gasteiger partial charge < -0.3 is 24.6 Å². The zero-order valence-corrected chi connectivity index (χ0v) is 14.7. The van der Waals surface area contributed by atoms with E-state index >= 15 is 0 Å². The third-order valence-electron chi connectivity index (χ3n) is 5.56. The highest BCUT2D eigenvalue weighted by Gasteiger charge is 2.43. The first kappa shape index (κ1) is 16.4. The van der Waals surface area contributed by atoms with Crippen LogP contribution in [0, 0.1) is 0 Å². The highest BCUT2D eigenvalue weighted by Crippen LogP contribution is 2.48. The molecule has 9 nitrogen and oxygen atoms in total. The van der Waals surface area contributed by atoms with Crippen molar-refractivity contribution in [2.75, 3.05) is 37.9 Å². The van der Waals surface area contributed by atoms with E-state index in [2.05, 4.69) is 15.5 Å². The molecule has 27 heavy (non-hydrogen) atoms. The van der Waals surface area contributed by atoms with Crippen LogP contribution in [0.1, 0.15) is 28.8 Å². The molecule has 1 atom stereocenters. The molecule has 0 saturated carbocycles. The smallest absolute Gasteiger partial charge is 0.259 e. The van der Waals surface area contributed by atoms with Crippen molar-refractivity contribution in [2.45, 2.75) is 25.4 Å². The van der Waals surface area contributed by atoms with Gasteiger partial charge in [-0.05, 0) is 18.1 Å². The minimum Gasteiger partial charge on any atom is -0.453 e. The highest BCUT2D eigenvalue weighted by molar-refractivity contribution is 6.07. The number of piperazine rings is 1. The lowest BCUT2D eigenvalue weighted by molar-refractivity contribution is -0.136. The molecule has 2 fully saturated rings. The molecule has 5 rings (SSSR count). The molecule has 1 aromatic carbocycles. The van der Waals surface area contributed by atoms with Gasteiger partial charge in [-0.3, -0.25) is 19.7 Å². The second-order valence-electron chi connectivity index (χ2n) is 7.13. The first-order valence-electron chi connectivity index (χ1n) is 9.19. The lowest BCUT2D eigenvalue weighted by Gasteiger charge is -2.30. The van der Waals surface area contributed by atoms with Crippen molar-refractivity contribution in [1.29, 1.82) is 0 Å². The molecule has 4 heterocycles. The monoisotopic (exact) mass is 372 g/mol. The maximum atomic E-state index is 13.1. The van der Waals surface area contributed by atoms with Crippen molar-refractivity contribution >= 4 is 23.4 Å². The molecule has 0 aliphatic carbocycles. The van der Waals surface area contributed by atoms with Gasteiger partial charge in [-0.1, -0.05) is 0 Å². The van der Waals surface area contributed by atoms with Crippen LogP contribution in [0.5, 0.6) is 11.5 Å². The van der Waals surface area contributed by atoms with Crippen molar-refractivity contribution < 1.29 is 23.9 Å². The maximum Gasteiger partial charge on any atom is 0.259 e. The maximum absolute atomic E-state index is 13.1. The summed E-state index contributed by atoms with van der Waals surface area (Å²) >= 11 is 0. The van der Waals surface area contributed by atoms with Gasteiger partial charge in [-0.2, -0.15) is 0 Å². The Bertz CT molecular complexity index is 849. The number of rotatable bonds is 2. The number of hydrogen-bond donors (Lipinski definition) is 2. The number of fused-ring (bicyclic) bond motifs is 3. The first-order chi connectivity index (χ1) is 13.1. The van der Waals surface area contributed by atoms with Crippen LogP contribution < -0.4 is 25.0 Å². The molecule has 4 aliphatic heterocycles. The number of amides is 3. The van der Waals surface area contributed by atoms with Gasteiger partial charge in [0.1, 0.15) is 6.04 Å². The molecule has 2 saturated heterocycles. The number of nitrogens with one attached hydrogen (secondary N) is 2. The van der Waals surface area contributed by atoms with Crippen molar-refractivity contribution in [2.24, 2.45) is 0 Å². The van der Waals surface area contributed by atoms with Crippen molar-refractivity contribution in [3.8, 4) is 11.5 Å². The number of hydrogen-bond acceptors (Lipinski definition) is 7. The van der Waals surface area contributed by atoms with Gasteiger partial charge >= 0.3 is 0 Å². The van der Waals surface area contributed by atoms with Gasteiger partial charge in [0.05, 0.1) is 11.3 Å². The number of imide groups is 1. The molecular weight excluding hydrogens is 352 g/mol. The van der Waals surface area contributed by atoms with E-state index < -0.39 is 11.9 Å². The molecule has 142 valence electrons. The Labute approximate surface area is 155 Å². The van der Waals surface area contributed by atoms with Crippen LogP contribution in [0.15, 0.2) is 6.07 Å². The largest absolute Gasteiger partial charge is 0.453 e. The van der Waals surface area contributed by atoms with E-state index in [1.54, 1.807) is 0 Å². The standard InChI is InChI=1S/C18H20N4O5/c23-13-2-1-11(17(24)20-13)22-8-10-7-12(21-5-3-19-4-6-21)15-16(27-9-26-15)14(10)18(22)25/h7,11,19H,1-6,8-9H2,(H,20,23,24). The quantitative estimate of drug-likeness (QED) is 0.681. The van der Waals surface area contributed by atoms with Crippen LogP contribution in [-0.4, -0.2) is 61.6 Å². The lowest BCUT2D eigenvalue weighted by atomic mass is 10.0. The summed E-state index contributed by atoms with van der Waals surface area (Å²) < 4.78 is 11.3. The van der Waals surface area contributed by atoms with Crippen molar-refractivity contribution in [1.82, 2.24) is 15.5 Å². The molecule has 0 bridgehead atoms. The zero-order valence-electron chi connectivity index (χ0n) is 14.7. The van der Waals surface area contributed by atoms with Crippen molar-refractivity contribution in [3.05, 3.63) is 17.2 Å². The van der Waals surface area contributed by atoms with E-state index in [0.717, 1.165) is 37.4 Å². The van der Waals surface area contributed by atoms with Crippen LogP contribution in [0.25, 0.3) is 0 Å². The summed E-state index contributed by atoms with van der Waals surface area (Å²) in [6.45, 7) is 3.87. The zero-order chi connectivity index (χ0) is 18.5. The fraction of sp³-hybridized carbons (Fsp3) is 0.500. The normalized spacial score (nSPS) is 24.3. The SMILES string of the molecule is O=C1CCC(N2Cc3cc(N4CCNCC4)c4c(c3C2=O)OCO4)C(=O)N1. The predicted octanol–water partition coefficient (Wildman–Crippen LogP) is -0.414. The third kappa shape index (κ3) is 2.53. The first-order valence-corrected chi connectivity index (χ1v) is 9.19. The number of piperidine rings is 1. The van der Waals surface area contributed by atoms with E-state index in [9.17, 15) is 14.4 Å². The van der Waals surface area contributed by atoms with Crippen LogP contribution in [-0.2, 0) is 16.1 Å². The Morgan fingerprint density at radius 2 is 1.85 bits per heavy atom. The van der Waals surface area contributed by atoms with E-state index in [-0.39, 0.29) is 25.0 Å². The number of ether oxygens (including phenoxy) is 2.